The van der Waals surface area contributed by atoms with E-state index in [2.05, 4.69) is 22.4 Å². The van der Waals surface area contributed by atoms with E-state index in [1.54, 1.807) is 13.2 Å². The van der Waals surface area contributed by atoms with E-state index in [1.807, 2.05) is 30.0 Å². The Morgan fingerprint density at radius 3 is 2.73 bits per heavy atom. The van der Waals surface area contributed by atoms with Crippen LogP contribution < -0.4 is 10.1 Å². The number of likely N-dealkylation sites (tertiary alicyclic amines) is 1. The van der Waals surface area contributed by atoms with Gasteiger partial charge < -0.3 is 15.0 Å². The monoisotopic (exact) mass is 405 g/mol. The second-order valence-corrected chi connectivity index (χ2v) is 8.23. The lowest BCUT2D eigenvalue weighted by molar-refractivity contribution is 0.0716. The third-order valence-electron chi connectivity index (χ3n) is 6.41. The summed E-state index contributed by atoms with van der Waals surface area (Å²) >= 11 is 0. The molecule has 2 aromatic carbocycles. The van der Waals surface area contributed by atoms with Gasteiger partial charge in [0.1, 0.15) is 11.6 Å². The number of amides is 1. The molecule has 154 valence electrons. The summed E-state index contributed by atoms with van der Waals surface area (Å²) in [5, 5.41) is 4.17. The summed E-state index contributed by atoms with van der Waals surface area (Å²) in [6.45, 7) is 4.36. The van der Waals surface area contributed by atoms with Gasteiger partial charge in [-0.1, -0.05) is 12.1 Å². The lowest BCUT2D eigenvalue weighted by Crippen LogP contribution is -2.35. The van der Waals surface area contributed by atoms with Crippen LogP contribution in [0.1, 0.15) is 27.7 Å². The van der Waals surface area contributed by atoms with Crippen LogP contribution in [-0.2, 0) is 0 Å². The molecule has 2 fully saturated rings. The van der Waals surface area contributed by atoms with Gasteiger partial charge in [0.15, 0.2) is 0 Å². The largest absolute Gasteiger partial charge is 0.497 e. The second-order valence-electron chi connectivity index (χ2n) is 8.23. The Labute approximate surface area is 174 Å². The molecule has 1 amide bonds. The number of carbonyl (C=O) groups is 1. The van der Waals surface area contributed by atoms with Gasteiger partial charge in [-0.05, 0) is 48.7 Å². The van der Waals surface area contributed by atoms with Gasteiger partial charge >= 0.3 is 0 Å². The summed E-state index contributed by atoms with van der Waals surface area (Å²) in [6.07, 6.45) is 0. The predicted octanol–water partition coefficient (Wildman–Crippen LogP) is 3.72. The molecule has 1 aromatic heterocycles. The molecule has 30 heavy (non-hydrogen) atoms. The average Bonchev–Trinajstić information content (AvgIpc) is 3.33. The Balaban J connectivity index is 1.58. The van der Waals surface area contributed by atoms with Crippen LogP contribution in [0.4, 0.5) is 4.39 Å². The van der Waals surface area contributed by atoms with Crippen molar-refractivity contribution < 1.29 is 13.9 Å². The first-order valence-corrected chi connectivity index (χ1v) is 10.3. The third kappa shape index (κ3) is 3.12. The minimum absolute atomic E-state index is 0.00706. The van der Waals surface area contributed by atoms with E-state index in [0.29, 0.717) is 40.5 Å². The topological polar surface area (TPSA) is 54.5 Å². The number of nitrogens with one attached hydrogen (secondary N) is 1. The maximum atomic E-state index is 13.8. The fourth-order valence-electron chi connectivity index (χ4n) is 5.02. The zero-order valence-electron chi connectivity index (χ0n) is 17.1. The SMILES string of the molecule is COc1ccc([C@@H]2[C@H]3CNC[C@H]3CN2C(=O)c2cc(C)nc3cc(F)ccc23)cc1. The first-order valence-electron chi connectivity index (χ1n) is 10.3. The highest BCUT2D eigenvalue weighted by Crippen LogP contribution is 2.44. The van der Waals surface area contributed by atoms with Crippen molar-refractivity contribution in [3.8, 4) is 5.75 Å². The highest BCUT2D eigenvalue weighted by molar-refractivity contribution is 6.06. The van der Waals surface area contributed by atoms with Crippen molar-refractivity contribution in [1.82, 2.24) is 15.2 Å². The van der Waals surface area contributed by atoms with Gasteiger partial charge in [-0.25, -0.2) is 4.39 Å². The number of carbonyl (C=O) groups excluding carboxylic acids is 1. The first-order chi connectivity index (χ1) is 14.5. The van der Waals surface area contributed by atoms with Crippen LogP contribution in [0.3, 0.4) is 0 Å². The molecule has 0 radical (unpaired) electrons. The zero-order chi connectivity index (χ0) is 20.8. The van der Waals surface area contributed by atoms with Crippen LogP contribution in [0, 0.1) is 24.6 Å². The number of methoxy groups -OCH3 is 1. The molecule has 3 heterocycles. The van der Waals surface area contributed by atoms with Crippen molar-refractivity contribution in [1.29, 1.82) is 0 Å². The van der Waals surface area contributed by atoms with Gasteiger partial charge in [0.2, 0.25) is 0 Å². The standard InChI is InChI=1S/C24H24FN3O2/c1-14-9-20(19-8-5-17(25)10-22(19)27-14)24(29)28-13-16-11-26-12-21(16)23(28)15-3-6-18(30-2)7-4-15/h3-10,16,21,23,26H,11-13H2,1-2H3/t16-,21-,23+/m0/s1. The van der Waals surface area contributed by atoms with Gasteiger partial charge in [-0.15, -0.1) is 0 Å². The third-order valence-corrected chi connectivity index (χ3v) is 6.41. The molecule has 3 aromatic rings. The zero-order valence-corrected chi connectivity index (χ0v) is 17.1. The summed E-state index contributed by atoms with van der Waals surface area (Å²) in [4.78, 5) is 20.2. The van der Waals surface area contributed by atoms with E-state index in [9.17, 15) is 9.18 Å². The van der Waals surface area contributed by atoms with Crippen LogP contribution in [0.5, 0.6) is 5.75 Å². The molecule has 2 aliphatic rings. The molecule has 0 spiro atoms. The van der Waals surface area contributed by atoms with Crippen LogP contribution in [0.25, 0.3) is 10.9 Å². The Morgan fingerprint density at radius 1 is 1.17 bits per heavy atom. The van der Waals surface area contributed by atoms with Crippen molar-refractivity contribution in [3.05, 3.63) is 71.2 Å². The van der Waals surface area contributed by atoms with E-state index in [1.165, 1.54) is 12.1 Å². The summed E-state index contributed by atoms with van der Waals surface area (Å²) in [5.74, 6) is 1.22. The first kappa shape index (κ1) is 19.0. The number of aromatic nitrogens is 1. The van der Waals surface area contributed by atoms with Gasteiger partial charge in [-0.3, -0.25) is 9.78 Å². The number of ether oxygens (including phenoxy) is 1. The van der Waals surface area contributed by atoms with Crippen molar-refractivity contribution in [3.63, 3.8) is 0 Å². The Morgan fingerprint density at radius 2 is 1.97 bits per heavy atom. The Bertz CT molecular complexity index is 1110. The number of fused-ring (bicyclic) bond motifs is 2. The number of pyridine rings is 1. The summed E-state index contributed by atoms with van der Waals surface area (Å²) in [7, 11) is 1.65. The van der Waals surface area contributed by atoms with E-state index in [0.717, 1.165) is 24.4 Å². The van der Waals surface area contributed by atoms with E-state index < -0.39 is 0 Å². The average molecular weight is 405 g/mol. The molecule has 2 saturated heterocycles. The molecule has 0 saturated carbocycles. The van der Waals surface area contributed by atoms with Crippen LogP contribution in [0.2, 0.25) is 0 Å². The summed E-state index contributed by atoms with van der Waals surface area (Å²) in [6, 6.07) is 14.2. The van der Waals surface area contributed by atoms with Gasteiger partial charge in [0, 0.05) is 42.7 Å². The van der Waals surface area contributed by atoms with Crippen molar-refractivity contribution in [2.75, 3.05) is 26.7 Å². The van der Waals surface area contributed by atoms with Gasteiger partial charge in [0.05, 0.1) is 24.2 Å². The second kappa shape index (κ2) is 7.36. The molecule has 6 heteroatoms. The molecule has 1 N–H and O–H groups in total. The molecule has 0 bridgehead atoms. The van der Waals surface area contributed by atoms with Crippen LogP contribution in [0.15, 0.2) is 48.5 Å². The maximum absolute atomic E-state index is 13.8. The highest BCUT2D eigenvalue weighted by Gasteiger charge is 2.47. The van der Waals surface area contributed by atoms with Crippen molar-refractivity contribution >= 4 is 16.8 Å². The smallest absolute Gasteiger partial charge is 0.255 e. The van der Waals surface area contributed by atoms with Crippen molar-refractivity contribution in [2.45, 2.75) is 13.0 Å². The lowest BCUT2D eigenvalue weighted by atomic mass is 9.89. The lowest BCUT2D eigenvalue weighted by Gasteiger charge is -2.29. The highest BCUT2D eigenvalue weighted by atomic mass is 19.1. The quantitative estimate of drug-likeness (QED) is 0.722. The molecule has 0 unspecified atom stereocenters. The number of rotatable bonds is 3. The molecule has 2 aliphatic heterocycles. The number of aryl methyl sites for hydroxylation is 1. The number of benzene rings is 2. The fraction of sp³-hybridized carbons (Fsp3) is 0.333. The van der Waals surface area contributed by atoms with E-state index >= 15 is 0 Å². The minimum atomic E-state index is -0.350. The summed E-state index contributed by atoms with van der Waals surface area (Å²) in [5.41, 5.74) is 2.92. The molecular formula is C24H24FN3O2. The number of hydrogen-bond donors (Lipinski definition) is 1. The number of halogens is 1. The predicted molar refractivity (Wildman–Crippen MR) is 113 cm³/mol. The van der Waals surface area contributed by atoms with E-state index in [-0.39, 0.29) is 17.8 Å². The Hall–Kier alpha value is -2.99. The molecule has 5 rings (SSSR count). The minimum Gasteiger partial charge on any atom is -0.497 e. The van der Waals surface area contributed by atoms with Gasteiger partial charge in [-0.2, -0.15) is 0 Å². The molecule has 0 aliphatic carbocycles. The molecule has 3 atom stereocenters. The van der Waals surface area contributed by atoms with Crippen LogP contribution in [-0.4, -0.2) is 42.5 Å². The van der Waals surface area contributed by atoms with Crippen LogP contribution >= 0.6 is 0 Å². The number of hydrogen-bond acceptors (Lipinski definition) is 4. The van der Waals surface area contributed by atoms with Crippen molar-refractivity contribution in [2.24, 2.45) is 11.8 Å². The number of nitrogens with zero attached hydrogens (tertiary/aromatic N) is 2. The normalized spacial score (nSPS) is 23.0. The molecule has 5 nitrogen and oxygen atoms in total. The van der Waals surface area contributed by atoms with E-state index in [4.69, 9.17) is 4.74 Å². The Kier molecular flexibility index (Phi) is 4.66. The molecular weight excluding hydrogens is 381 g/mol. The van der Waals surface area contributed by atoms with Gasteiger partial charge in [0.25, 0.3) is 5.91 Å². The summed E-state index contributed by atoms with van der Waals surface area (Å²) < 4.78 is 19.1. The fourth-order valence-corrected chi connectivity index (χ4v) is 5.02. The maximum Gasteiger partial charge on any atom is 0.255 e.